The van der Waals surface area contributed by atoms with Crippen molar-refractivity contribution in [3.05, 3.63) is 0 Å². The lowest BCUT2D eigenvalue weighted by molar-refractivity contribution is -0.155. The Morgan fingerprint density at radius 3 is 2.24 bits per heavy atom. The summed E-state index contributed by atoms with van der Waals surface area (Å²) >= 11 is 1.48. The van der Waals surface area contributed by atoms with E-state index in [9.17, 15) is 4.79 Å². The smallest absolute Gasteiger partial charge is 0.316 e. The molecular weight excluding hydrogens is 236 g/mol. The van der Waals surface area contributed by atoms with E-state index < -0.39 is 5.60 Å². The topological polar surface area (TPSA) is 35.5 Å². The van der Waals surface area contributed by atoms with E-state index in [0.29, 0.717) is 12.4 Å². The highest BCUT2D eigenvalue weighted by Gasteiger charge is 2.24. The van der Waals surface area contributed by atoms with Gasteiger partial charge in [-0.05, 0) is 40.4 Å². The van der Waals surface area contributed by atoms with Crippen LogP contribution < -0.4 is 0 Å². The number of carbonyl (C=O) groups is 1. The second-order valence-electron chi connectivity index (χ2n) is 5.38. The van der Waals surface area contributed by atoms with Gasteiger partial charge in [-0.1, -0.05) is 6.92 Å². The van der Waals surface area contributed by atoms with Crippen LogP contribution in [0.15, 0.2) is 0 Å². The summed E-state index contributed by atoms with van der Waals surface area (Å²) in [5.41, 5.74) is -0.546. The zero-order valence-corrected chi connectivity index (χ0v) is 12.8. The Morgan fingerprint density at radius 1 is 1.18 bits per heavy atom. The van der Waals surface area contributed by atoms with Crippen molar-refractivity contribution in [1.29, 1.82) is 0 Å². The molecule has 0 aromatic carbocycles. The van der Waals surface area contributed by atoms with Gasteiger partial charge < -0.3 is 9.47 Å². The highest BCUT2D eigenvalue weighted by molar-refractivity contribution is 7.99. The van der Waals surface area contributed by atoms with Crippen LogP contribution in [0.1, 0.15) is 47.5 Å². The van der Waals surface area contributed by atoms with E-state index in [2.05, 4.69) is 20.8 Å². The fraction of sp³-hybridized carbons (Fsp3) is 0.923. The molecule has 0 atom stereocenters. The van der Waals surface area contributed by atoms with Crippen molar-refractivity contribution in [2.24, 2.45) is 0 Å². The van der Waals surface area contributed by atoms with E-state index in [4.69, 9.17) is 9.47 Å². The largest absolute Gasteiger partial charge is 0.459 e. The van der Waals surface area contributed by atoms with E-state index in [1.807, 2.05) is 20.1 Å². The average molecular weight is 262 g/mol. The van der Waals surface area contributed by atoms with E-state index in [0.717, 1.165) is 12.8 Å². The van der Waals surface area contributed by atoms with Crippen molar-refractivity contribution in [2.75, 3.05) is 18.6 Å². The third kappa shape index (κ3) is 8.50. The number of carbonyl (C=O) groups excluding carboxylic acids is 1. The van der Waals surface area contributed by atoms with Crippen molar-refractivity contribution >= 4 is 17.7 Å². The first-order valence-electron chi connectivity index (χ1n) is 6.07. The lowest BCUT2D eigenvalue weighted by Crippen LogP contribution is -2.32. The molecule has 0 aromatic rings. The Kier molecular flexibility index (Phi) is 7.17. The molecule has 0 saturated carbocycles. The number of hydrogen-bond acceptors (Lipinski definition) is 4. The quantitative estimate of drug-likeness (QED) is 0.629. The van der Waals surface area contributed by atoms with Crippen LogP contribution in [-0.4, -0.2) is 35.8 Å². The summed E-state index contributed by atoms with van der Waals surface area (Å²) in [7, 11) is 0. The van der Waals surface area contributed by atoms with Crippen molar-refractivity contribution in [1.82, 2.24) is 0 Å². The lowest BCUT2D eigenvalue weighted by Gasteiger charge is -2.28. The average Bonchev–Trinajstić information content (AvgIpc) is 2.16. The molecule has 0 saturated heterocycles. The molecule has 0 aromatic heterocycles. The van der Waals surface area contributed by atoms with Crippen molar-refractivity contribution in [3.63, 3.8) is 0 Å². The predicted octanol–water partition coefficient (Wildman–Crippen LogP) is 3.27. The Bertz CT molecular complexity index is 237. The molecule has 0 bridgehead atoms. The van der Waals surface area contributed by atoms with Gasteiger partial charge in [0, 0.05) is 6.42 Å². The van der Waals surface area contributed by atoms with E-state index in [-0.39, 0.29) is 11.6 Å². The molecule has 0 spiro atoms. The van der Waals surface area contributed by atoms with E-state index in [1.165, 1.54) is 11.8 Å². The van der Waals surface area contributed by atoms with Gasteiger partial charge in [0.15, 0.2) is 0 Å². The van der Waals surface area contributed by atoms with E-state index >= 15 is 0 Å². The normalized spacial score (nSPS) is 12.6. The summed E-state index contributed by atoms with van der Waals surface area (Å²) in [6.45, 7) is 10.7. The molecule has 0 heterocycles. The molecule has 102 valence electrons. The van der Waals surface area contributed by atoms with Crippen LogP contribution in [-0.2, 0) is 14.3 Å². The van der Waals surface area contributed by atoms with Gasteiger partial charge in [-0.15, -0.1) is 0 Å². The van der Waals surface area contributed by atoms with Crippen LogP contribution >= 0.6 is 11.8 Å². The molecule has 0 aliphatic heterocycles. The van der Waals surface area contributed by atoms with Gasteiger partial charge in [0.2, 0.25) is 0 Å². The minimum absolute atomic E-state index is 0.0979. The maximum absolute atomic E-state index is 11.4. The second kappa shape index (κ2) is 7.27. The van der Waals surface area contributed by atoms with Gasteiger partial charge in [0.25, 0.3) is 0 Å². The highest BCUT2D eigenvalue weighted by Crippen LogP contribution is 2.19. The minimum Gasteiger partial charge on any atom is -0.459 e. The highest BCUT2D eigenvalue weighted by atomic mass is 32.2. The second-order valence-corrected chi connectivity index (χ2v) is 6.24. The summed E-state index contributed by atoms with van der Waals surface area (Å²) in [6.07, 6.45) is 3.58. The van der Waals surface area contributed by atoms with Crippen LogP contribution in [0.5, 0.6) is 0 Å². The summed E-state index contributed by atoms with van der Waals surface area (Å²) in [5.74, 6) is 0.252. The van der Waals surface area contributed by atoms with Gasteiger partial charge in [0.1, 0.15) is 5.60 Å². The van der Waals surface area contributed by atoms with Gasteiger partial charge in [-0.3, -0.25) is 4.79 Å². The van der Waals surface area contributed by atoms with Crippen LogP contribution in [0.2, 0.25) is 0 Å². The molecule has 0 rings (SSSR count). The maximum atomic E-state index is 11.4. The third-order valence-electron chi connectivity index (χ3n) is 2.70. The zero-order chi connectivity index (χ0) is 13.5. The van der Waals surface area contributed by atoms with Crippen molar-refractivity contribution in [3.8, 4) is 0 Å². The lowest BCUT2D eigenvalue weighted by atomic mass is 10.0. The number of ether oxygens (including phenoxy) is 2. The molecule has 0 amide bonds. The molecule has 3 nitrogen and oxygen atoms in total. The molecule has 0 aliphatic carbocycles. The van der Waals surface area contributed by atoms with Gasteiger partial charge in [-0.2, -0.15) is 11.8 Å². The first-order valence-corrected chi connectivity index (χ1v) is 7.46. The molecule has 17 heavy (non-hydrogen) atoms. The fourth-order valence-electron chi connectivity index (χ4n) is 1.18. The van der Waals surface area contributed by atoms with Crippen LogP contribution in [0.3, 0.4) is 0 Å². The minimum atomic E-state index is -0.448. The number of rotatable bonds is 8. The zero-order valence-electron chi connectivity index (χ0n) is 12.0. The number of thioether (sulfide) groups is 1. The first kappa shape index (κ1) is 16.8. The Morgan fingerprint density at radius 2 is 1.76 bits per heavy atom. The molecule has 0 N–H and O–H groups in total. The summed E-state index contributed by atoms with van der Waals surface area (Å²) in [6, 6.07) is 0. The Labute approximate surface area is 110 Å². The molecule has 0 unspecified atom stereocenters. The van der Waals surface area contributed by atoms with Gasteiger partial charge >= 0.3 is 5.97 Å². The molecule has 0 radical (unpaired) electrons. The molecular formula is C13H26O3S. The maximum Gasteiger partial charge on any atom is 0.316 e. The third-order valence-corrected chi connectivity index (χ3v) is 3.23. The van der Waals surface area contributed by atoms with Gasteiger partial charge in [0.05, 0.1) is 18.0 Å². The Hall–Kier alpha value is -0.220. The van der Waals surface area contributed by atoms with Crippen LogP contribution in [0.25, 0.3) is 0 Å². The molecule has 0 fully saturated rings. The summed E-state index contributed by atoms with van der Waals surface area (Å²) in [4.78, 5) is 11.4. The molecule has 0 aliphatic rings. The van der Waals surface area contributed by atoms with Crippen molar-refractivity contribution < 1.29 is 14.3 Å². The first-order chi connectivity index (χ1) is 7.72. The SMILES string of the molecule is CCC(C)(C)OCCC(C)(C)OC(=O)CSC. The van der Waals surface area contributed by atoms with Crippen molar-refractivity contribution in [2.45, 2.75) is 58.7 Å². The van der Waals surface area contributed by atoms with Gasteiger partial charge in [-0.25, -0.2) is 0 Å². The molecule has 4 heteroatoms. The number of hydrogen-bond donors (Lipinski definition) is 0. The van der Waals surface area contributed by atoms with Crippen LogP contribution in [0, 0.1) is 0 Å². The fourth-order valence-corrected chi connectivity index (χ4v) is 1.48. The summed E-state index contributed by atoms with van der Waals surface area (Å²) < 4.78 is 11.1. The summed E-state index contributed by atoms with van der Waals surface area (Å²) in [5, 5.41) is 0. The predicted molar refractivity (Wildman–Crippen MR) is 73.5 cm³/mol. The monoisotopic (exact) mass is 262 g/mol. The number of esters is 1. The Balaban J connectivity index is 3.97. The van der Waals surface area contributed by atoms with E-state index in [1.54, 1.807) is 0 Å². The standard InChI is InChI=1S/C13H26O3S/c1-7-12(2,3)15-9-8-13(4,5)16-11(14)10-17-6/h7-10H2,1-6H3. The van der Waals surface area contributed by atoms with Crippen LogP contribution in [0.4, 0.5) is 0 Å².